The average molecular weight is 447 g/mol. The van der Waals surface area contributed by atoms with Crippen LogP contribution in [0.25, 0.3) is 39.0 Å². The van der Waals surface area contributed by atoms with Gasteiger partial charge in [0.05, 0.1) is 35.3 Å². The normalized spacial score (nSPS) is 14.5. The van der Waals surface area contributed by atoms with Gasteiger partial charge in [0.25, 0.3) is 0 Å². The minimum absolute atomic E-state index is 0.0234. The largest absolute Gasteiger partial charge is 0.378 e. The van der Waals surface area contributed by atoms with Gasteiger partial charge in [0.2, 0.25) is 0 Å². The summed E-state index contributed by atoms with van der Waals surface area (Å²) in [7, 11) is 0. The van der Waals surface area contributed by atoms with Gasteiger partial charge in [-0.15, -0.1) is 10.2 Å². The van der Waals surface area contributed by atoms with Gasteiger partial charge < -0.3 is 14.6 Å². The van der Waals surface area contributed by atoms with Gasteiger partial charge >= 0.3 is 0 Å². The number of imidazole rings is 1. The van der Waals surface area contributed by atoms with Crippen molar-refractivity contribution in [3.63, 3.8) is 0 Å². The van der Waals surface area contributed by atoms with E-state index in [-0.39, 0.29) is 10.9 Å². The number of morpholine rings is 1. The number of ether oxygens (including phenoxy) is 1. The Bertz CT molecular complexity index is 1500. The summed E-state index contributed by atoms with van der Waals surface area (Å²) in [5.41, 5.74) is 3.58. The number of hydrogen-bond acceptors (Lipinski definition) is 6. The molecule has 1 fully saturated rings. The van der Waals surface area contributed by atoms with Gasteiger partial charge in [-0.1, -0.05) is 0 Å². The first kappa shape index (κ1) is 19.7. The first-order valence-corrected chi connectivity index (χ1v) is 10.6. The van der Waals surface area contributed by atoms with E-state index < -0.39 is 11.6 Å². The molecule has 3 aromatic heterocycles. The van der Waals surface area contributed by atoms with Gasteiger partial charge in [-0.3, -0.25) is 9.55 Å². The molecule has 1 saturated heterocycles. The number of pyridine rings is 1. The molecule has 0 atom stereocenters. The Morgan fingerprint density at radius 3 is 2.58 bits per heavy atom. The summed E-state index contributed by atoms with van der Waals surface area (Å²) < 4.78 is 36.5. The molecule has 1 aliphatic heterocycles. The second kappa shape index (κ2) is 7.59. The lowest BCUT2D eigenvalue weighted by atomic mass is 10.1. The highest BCUT2D eigenvalue weighted by atomic mass is 19.1. The van der Waals surface area contributed by atoms with Gasteiger partial charge in [0.15, 0.2) is 5.82 Å². The molecular weight excluding hydrogens is 428 g/mol. The molecule has 2 aromatic carbocycles. The molecule has 6 rings (SSSR count). The SMILES string of the molecule is Cc1nnc(-c2cc(N3CCOCC3)cc3c2ncn3-c2ccnc3c(F)ccc(F)c23)[nH]1. The molecule has 0 radical (unpaired) electrons. The predicted molar refractivity (Wildman–Crippen MR) is 119 cm³/mol. The number of hydrogen-bond donors (Lipinski definition) is 1. The zero-order chi connectivity index (χ0) is 22.5. The molecule has 10 heteroatoms. The molecule has 166 valence electrons. The highest BCUT2D eigenvalue weighted by Gasteiger charge is 2.21. The fourth-order valence-electron chi connectivity index (χ4n) is 4.32. The first-order chi connectivity index (χ1) is 16.1. The third-order valence-electron chi connectivity index (χ3n) is 5.90. The Morgan fingerprint density at radius 1 is 0.970 bits per heavy atom. The summed E-state index contributed by atoms with van der Waals surface area (Å²) >= 11 is 0. The highest BCUT2D eigenvalue weighted by Crippen LogP contribution is 2.35. The van der Waals surface area contributed by atoms with Gasteiger partial charge in [-0.25, -0.2) is 13.8 Å². The number of anilines is 1. The molecule has 5 aromatic rings. The zero-order valence-electron chi connectivity index (χ0n) is 17.7. The molecule has 1 aliphatic rings. The Morgan fingerprint density at radius 2 is 1.79 bits per heavy atom. The maximum Gasteiger partial charge on any atom is 0.163 e. The summed E-state index contributed by atoms with van der Waals surface area (Å²) in [6.45, 7) is 4.58. The molecule has 0 unspecified atom stereocenters. The van der Waals surface area contributed by atoms with E-state index in [1.165, 1.54) is 6.20 Å². The molecule has 0 spiro atoms. The fraction of sp³-hybridized carbons (Fsp3) is 0.217. The lowest BCUT2D eigenvalue weighted by Gasteiger charge is -2.29. The fourth-order valence-corrected chi connectivity index (χ4v) is 4.32. The number of rotatable bonds is 3. The third-order valence-corrected chi connectivity index (χ3v) is 5.90. The van der Waals surface area contributed by atoms with Gasteiger partial charge in [-0.05, 0) is 37.3 Å². The predicted octanol–water partition coefficient (Wildman–Crippen LogP) is 3.78. The van der Waals surface area contributed by atoms with Crippen LogP contribution in [0.1, 0.15) is 5.82 Å². The van der Waals surface area contributed by atoms with E-state index in [0.29, 0.717) is 36.1 Å². The monoisotopic (exact) mass is 447 g/mol. The van der Waals surface area contributed by atoms with E-state index in [9.17, 15) is 8.78 Å². The Hall–Kier alpha value is -3.92. The number of aromatic amines is 1. The van der Waals surface area contributed by atoms with Gasteiger partial charge in [0, 0.05) is 30.5 Å². The second-order valence-corrected chi connectivity index (χ2v) is 7.92. The van der Waals surface area contributed by atoms with Gasteiger partial charge in [0.1, 0.15) is 29.3 Å². The van der Waals surface area contributed by atoms with E-state index in [1.807, 2.05) is 19.1 Å². The number of aryl methyl sites for hydroxylation is 1. The molecule has 8 nitrogen and oxygen atoms in total. The first-order valence-electron chi connectivity index (χ1n) is 10.6. The van der Waals surface area contributed by atoms with Crippen LogP contribution >= 0.6 is 0 Å². The standard InChI is InChI=1S/C23H19F2N7O/c1-13-28-23(30-29-13)15-10-14(31-6-8-33-9-7-31)11-19-21(15)27-12-32(19)18-4-5-26-22-17(25)3-2-16(24)20(18)22/h2-5,10-12H,6-9H2,1H3,(H,28,29,30). The maximum atomic E-state index is 14.8. The second-order valence-electron chi connectivity index (χ2n) is 7.92. The number of aromatic nitrogens is 6. The molecule has 0 aliphatic carbocycles. The van der Waals surface area contributed by atoms with E-state index >= 15 is 0 Å². The summed E-state index contributed by atoms with van der Waals surface area (Å²) in [4.78, 5) is 14.1. The van der Waals surface area contributed by atoms with Crippen molar-refractivity contribution < 1.29 is 13.5 Å². The van der Waals surface area contributed by atoms with Crippen LogP contribution in [-0.2, 0) is 4.74 Å². The van der Waals surface area contributed by atoms with Crippen LogP contribution in [0.15, 0.2) is 42.9 Å². The molecule has 1 N–H and O–H groups in total. The molecule has 0 bridgehead atoms. The Kier molecular flexibility index (Phi) is 4.54. The number of halogens is 2. The molecular formula is C23H19F2N7O. The highest BCUT2D eigenvalue weighted by molar-refractivity contribution is 5.97. The van der Waals surface area contributed by atoms with Crippen molar-refractivity contribution in [1.82, 2.24) is 29.7 Å². The van der Waals surface area contributed by atoms with E-state index in [2.05, 4.69) is 30.0 Å². The Labute approximate surface area is 186 Å². The molecule has 33 heavy (non-hydrogen) atoms. The van der Waals surface area contributed by atoms with Crippen molar-refractivity contribution in [2.45, 2.75) is 6.92 Å². The van der Waals surface area contributed by atoms with Crippen molar-refractivity contribution in [1.29, 1.82) is 0 Å². The van der Waals surface area contributed by atoms with Crippen molar-refractivity contribution in [3.05, 3.63) is 60.3 Å². The average Bonchev–Trinajstić information content (AvgIpc) is 3.47. The molecule has 4 heterocycles. The van der Waals surface area contributed by atoms with Crippen molar-refractivity contribution in [2.75, 3.05) is 31.2 Å². The summed E-state index contributed by atoms with van der Waals surface area (Å²) in [6, 6.07) is 7.89. The van der Waals surface area contributed by atoms with E-state index in [0.717, 1.165) is 42.0 Å². The lowest BCUT2D eigenvalue weighted by molar-refractivity contribution is 0.122. The Balaban J connectivity index is 1.64. The van der Waals surface area contributed by atoms with Crippen LogP contribution in [0.5, 0.6) is 0 Å². The summed E-state index contributed by atoms with van der Waals surface area (Å²) in [5.74, 6) is 0.151. The summed E-state index contributed by atoms with van der Waals surface area (Å²) in [6.07, 6.45) is 3.08. The van der Waals surface area contributed by atoms with Crippen molar-refractivity contribution >= 4 is 27.6 Å². The van der Waals surface area contributed by atoms with Crippen LogP contribution in [0.4, 0.5) is 14.5 Å². The van der Waals surface area contributed by atoms with E-state index in [1.54, 1.807) is 17.0 Å². The number of fused-ring (bicyclic) bond motifs is 2. The van der Waals surface area contributed by atoms with Crippen LogP contribution in [0.3, 0.4) is 0 Å². The smallest absolute Gasteiger partial charge is 0.163 e. The number of nitrogens with zero attached hydrogens (tertiary/aromatic N) is 6. The molecule has 0 saturated carbocycles. The lowest BCUT2D eigenvalue weighted by Crippen LogP contribution is -2.36. The summed E-state index contributed by atoms with van der Waals surface area (Å²) in [5, 5.41) is 8.46. The number of benzene rings is 2. The molecule has 0 amide bonds. The zero-order valence-corrected chi connectivity index (χ0v) is 17.7. The quantitative estimate of drug-likeness (QED) is 0.453. The van der Waals surface area contributed by atoms with Crippen LogP contribution < -0.4 is 4.90 Å². The number of nitrogens with one attached hydrogen (secondary N) is 1. The van der Waals surface area contributed by atoms with Gasteiger partial charge in [-0.2, -0.15) is 0 Å². The maximum absolute atomic E-state index is 14.8. The minimum Gasteiger partial charge on any atom is -0.378 e. The van der Waals surface area contributed by atoms with Crippen molar-refractivity contribution in [2.24, 2.45) is 0 Å². The van der Waals surface area contributed by atoms with Crippen LogP contribution in [0, 0.1) is 18.6 Å². The van der Waals surface area contributed by atoms with Crippen molar-refractivity contribution in [3.8, 4) is 17.1 Å². The minimum atomic E-state index is -0.579. The topological polar surface area (TPSA) is 84.8 Å². The van der Waals surface area contributed by atoms with Crippen LogP contribution in [-0.4, -0.2) is 56.0 Å². The number of H-pyrrole nitrogens is 1. The van der Waals surface area contributed by atoms with E-state index in [4.69, 9.17) is 4.74 Å². The van der Waals surface area contributed by atoms with Crippen LogP contribution in [0.2, 0.25) is 0 Å². The third kappa shape index (κ3) is 3.21.